The second kappa shape index (κ2) is 9.62. The van der Waals surface area contributed by atoms with Crippen molar-refractivity contribution in [1.82, 2.24) is 35.3 Å². The van der Waals surface area contributed by atoms with Gasteiger partial charge in [0.2, 0.25) is 0 Å². The van der Waals surface area contributed by atoms with Crippen molar-refractivity contribution in [2.75, 3.05) is 12.4 Å². The van der Waals surface area contributed by atoms with E-state index < -0.39 is 17.0 Å². The number of methoxy groups -OCH3 is 1. The summed E-state index contributed by atoms with van der Waals surface area (Å²) in [6.45, 7) is 5.64. The lowest BCUT2D eigenvalue weighted by molar-refractivity contribution is -0.206. The molecule has 198 valence electrons. The maximum absolute atomic E-state index is 13.3. The molecule has 4 N–H and O–H groups in total. The van der Waals surface area contributed by atoms with Crippen molar-refractivity contribution in [2.24, 2.45) is 0 Å². The average molecular weight is 521 g/mol. The van der Waals surface area contributed by atoms with E-state index in [9.17, 15) is 14.3 Å². The van der Waals surface area contributed by atoms with Crippen molar-refractivity contribution in [1.29, 1.82) is 0 Å². The lowest BCUT2D eigenvalue weighted by Gasteiger charge is -2.50. The highest BCUT2D eigenvalue weighted by Crippen LogP contribution is 2.50. The van der Waals surface area contributed by atoms with Gasteiger partial charge in [0.05, 0.1) is 24.1 Å². The molecule has 0 saturated heterocycles. The molecule has 4 aromatic rings. The van der Waals surface area contributed by atoms with Crippen molar-refractivity contribution in [2.45, 2.75) is 50.9 Å². The fourth-order valence-corrected chi connectivity index (χ4v) is 4.68. The van der Waals surface area contributed by atoms with E-state index in [1.54, 1.807) is 24.4 Å². The first-order chi connectivity index (χ1) is 18.1. The van der Waals surface area contributed by atoms with Gasteiger partial charge >= 0.3 is 0 Å². The van der Waals surface area contributed by atoms with Gasteiger partial charge in [-0.3, -0.25) is 9.89 Å². The number of H-pyrrole nitrogens is 1. The number of anilines is 2. The monoisotopic (exact) mass is 520 g/mol. The first-order valence-electron chi connectivity index (χ1n) is 12.1. The first kappa shape index (κ1) is 25.5. The van der Waals surface area contributed by atoms with Gasteiger partial charge < -0.3 is 20.5 Å². The summed E-state index contributed by atoms with van der Waals surface area (Å²) in [4.78, 5) is 22.2. The smallest absolute Gasteiger partial charge is 0.252 e. The summed E-state index contributed by atoms with van der Waals surface area (Å²) < 4.78 is 20.2. The molecule has 0 spiro atoms. The number of carbonyl (C=O) groups excluding carboxylic acids is 1. The number of nitrogens with zero attached hydrogens (tertiary/aromatic N) is 5. The van der Waals surface area contributed by atoms with Crippen LogP contribution in [0, 0.1) is 19.7 Å². The Hall–Kier alpha value is -4.16. The molecule has 11 nitrogen and oxygen atoms in total. The van der Waals surface area contributed by atoms with Crippen LogP contribution in [0.15, 0.2) is 48.9 Å². The number of hydrogen-bond acceptors (Lipinski definition) is 8. The second-order valence-corrected chi connectivity index (χ2v) is 9.81. The minimum absolute atomic E-state index is 0.0501. The molecular formula is C26H29FN8O3. The zero-order valence-electron chi connectivity index (χ0n) is 21.5. The number of aromatic amines is 1. The fourth-order valence-electron chi connectivity index (χ4n) is 4.68. The molecule has 12 heteroatoms. The van der Waals surface area contributed by atoms with Crippen LogP contribution in [-0.4, -0.2) is 53.7 Å². The van der Waals surface area contributed by atoms with E-state index in [-0.39, 0.29) is 24.8 Å². The van der Waals surface area contributed by atoms with E-state index in [4.69, 9.17) is 4.74 Å². The van der Waals surface area contributed by atoms with Gasteiger partial charge in [-0.25, -0.2) is 19.0 Å². The highest BCUT2D eigenvalue weighted by molar-refractivity contribution is 5.87. The molecule has 5 rings (SSSR count). The van der Waals surface area contributed by atoms with E-state index in [1.807, 2.05) is 32.9 Å². The third-order valence-electron chi connectivity index (χ3n) is 6.77. The van der Waals surface area contributed by atoms with Gasteiger partial charge in [-0.15, -0.1) is 0 Å². The Kier molecular flexibility index (Phi) is 6.45. The number of nitrogens with one attached hydrogen (secondary N) is 3. The predicted molar refractivity (Wildman–Crippen MR) is 136 cm³/mol. The number of rotatable bonds is 8. The average Bonchev–Trinajstić information content (AvgIpc) is 3.49. The summed E-state index contributed by atoms with van der Waals surface area (Å²) in [6, 6.07) is 8.61. The van der Waals surface area contributed by atoms with Crippen LogP contribution in [0.5, 0.6) is 0 Å². The minimum Gasteiger partial charge on any atom is -0.383 e. The Morgan fingerprint density at radius 1 is 1.21 bits per heavy atom. The molecule has 4 heterocycles. The van der Waals surface area contributed by atoms with Crippen LogP contribution < -0.4 is 10.6 Å². The molecule has 0 aliphatic heterocycles. The highest BCUT2D eigenvalue weighted by Gasteiger charge is 2.60. The lowest BCUT2D eigenvalue weighted by Crippen LogP contribution is -2.63. The molecule has 0 bridgehead atoms. The van der Waals surface area contributed by atoms with E-state index in [1.165, 1.54) is 18.0 Å². The van der Waals surface area contributed by atoms with Gasteiger partial charge in [0.15, 0.2) is 23.1 Å². The second-order valence-electron chi connectivity index (χ2n) is 9.81. The van der Waals surface area contributed by atoms with Gasteiger partial charge in [-0.05, 0) is 50.1 Å². The van der Waals surface area contributed by atoms with E-state index in [0.29, 0.717) is 23.1 Å². The summed E-state index contributed by atoms with van der Waals surface area (Å²) in [6.07, 6.45) is 4.03. The number of carbonyl (C=O) groups is 1. The number of halogens is 1. The molecular weight excluding hydrogens is 491 g/mol. The molecule has 38 heavy (non-hydrogen) atoms. The van der Waals surface area contributed by atoms with Gasteiger partial charge in [0.25, 0.3) is 5.91 Å². The molecule has 1 saturated carbocycles. The van der Waals surface area contributed by atoms with E-state index in [0.717, 1.165) is 23.0 Å². The van der Waals surface area contributed by atoms with Crippen LogP contribution in [0.3, 0.4) is 0 Å². The Morgan fingerprint density at radius 2 is 2.00 bits per heavy atom. The van der Waals surface area contributed by atoms with Crippen molar-refractivity contribution in [3.8, 4) is 5.82 Å². The molecule has 0 unspecified atom stereocenters. The first-order valence-corrected chi connectivity index (χ1v) is 12.1. The maximum Gasteiger partial charge on any atom is 0.252 e. The summed E-state index contributed by atoms with van der Waals surface area (Å²) in [5.41, 5.74) is 0.475. The standard InChI is InChI=1S/C26H29FN8O3/c1-15-7-20(31-21(8-15)32-22-9-16(2)33-34-22)25(37)13-26(14-25,38-4)24(36)30-17(3)18-5-6-23(28-10-18)35-12-19(27)11-29-35/h5-12,17,37H,13-14H2,1-4H3,(H,30,36)(H2,31,32,33,34)/t17-,25-,26-/m0/s1. The highest BCUT2D eigenvalue weighted by atomic mass is 19.1. The largest absolute Gasteiger partial charge is 0.383 e. The SMILES string of the molecule is CO[C@]1(C(=O)N[C@@H](C)c2ccc(-n3cc(F)cn3)nc2)C[C@](O)(c2cc(C)cc(Nc3cc(C)[nH]n3)n2)C1. The number of aryl methyl sites for hydroxylation is 2. The number of amides is 1. The van der Waals surface area contributed by atoms with Gasteiger partial charge in [-0.1, -0.05) is 6.07 Å². The van der Waals surface area contributed by atoms with Gasteiger partial charge in [-0.2, -0.15) is 10.2 Å². The zero-order chi connectivity index (χ0) is 27.1. The predicted octanol–water partition coefficient (Wildman–Crippen LogP) is 3.13. The fraction of sp³-hybridized carbons (Fsp3) is 0.346. The topological polar surface area (TPSA) is 143 Å². The minimum atomic E-state index is -1.33. The molecule has 1 atom stereocenters. The quantitative estimate of drug-likeness (QED) is 0.278. The normalized spacial score (nSPS) is 21.5. The molecule has 0 aromatic carbocycles. The third-order valence-corrected chi connectivity index (χ3v) is 6.77. The number of aliphatic hydroxyl groups is 1. The van der Waals surface area contributed by atoms with Crippen LogP contribution in [0.4, 0.5) is 16.0 Å². The molecule has 0 radical (unpaired) electrons. The molecule has 4 aromatic heterocycles. The Balaban J connectivity index is 1.27. The number of ether oxygens (including phenoxy) is 1. The molecule has 1 aliphatic rings. The Bertz CT molecular complexity index is 1460. The molecule has 1 fully saturated rings. The maximum atomic E-state index is 13.3. The number of aromatic nitrogens is 6. The molecule has 1 aliphatic carbocycles. The van der Waals surface area contributed by atoms with E-state index in [2.05, 4.69) is 35.9 Å². The Labute approximate surface area is 218 Å². The summed E-state index contributed by atoms with van der Waals surface area (Å²) in [5.74, 6) is 0.819. The van der Waals surface area contributed by atoms with Crippen LogP contribution in [0.1, 0.15) is 48.3 Å². The van der Waals surface area contributed by atoms with Crippen LogP contribution >= 0.6 is 0 Å². The summed E-state index contributed by atoms with van der Waals surface area (Å²) >= 11 is 0. The lowest BCUT2D eigenvalue weighted by atomic mass is 9.64. The van der Waals surface area contributed by atoms with Crippen LogP contribution in [0.2, 0.25) is 0 Å². The Morgan fingerprint density at radius 3 is 2.61 bits per heavy atom. The van der Waals surface area contributed by atoms with Gasteiger partial charge in [0.1, 0.15) is 11.4 Å². The van der Waals surface area contributed by atoms with Crippen molar-refractivity contribution < 1.29 is 19.0 Å². The molecule has 1 amide bonds. The summed E-state index contributed by atoms with van der Waals surface area (Å²) in [7, 11) is 1.46. The van der Waals surface area contributed by atoms with Crippen molar-refractivity contribution in [3.63, 3.8) is 0 Å². The summed E-state index contributed by atoms with van der Waals surface area (Å²) in [5, 5.41) is 28.4. The van der Waals surface area contributed by atoms with Crippen molar-refractivity contribution in [3.05, 3.63) is 77.3 Å². The van der Waals surface area contributed by atoms with E-state index >= 15 is 0 Å². The third kappa shape index (κ3) is 4.87. The zero-order valence-corrected chi connectivity index (χ0v) is 21.5. The van der Waals surface area contributed by atoms with Crippen molar-refractivity contribution >= 4 is 17.5 Å². The van der Waals surface area contributed by atoms with Gasteiger partial charge in [0, 0.05) is 37.9 Å². The van der Waals surface area contributed by atoms with Crippen LogP contribution in [-0.2, 0) is 15.1 Å². The number of hydrogen-bond donors (Lipinski definition) is 4. The van der Waals surface area contributed by atoms with Crippen LogP contribution in [0.25, 0.3) is 5.82 Å². The number of pyridine rings is 2.